The van der Waals surface area contributed by atoms with E-state index in [1.807, 2.05) is 13.8 Å². The normalized spacial score (nSPS) is 12.6. The zero-order valence-corrected chi connectivity index (χ0v) is 8.04. The van der Waals surface area contributed by atoms with E-state index in [9.17, 15) is 9.59 Å². The van der Waals surface area contributed by atoms with Gasteiger partial charge in [0.25, 0.3) is 0 Å². The molecule has 5 N–H and O–H groups in total. The summed E-state index contributed by atoms with van der Waals surface area (Å²) in [5.41, 5.74) is 10.4. The zero-order valence-electron chi connectivity index (χ0n) is 8.04. The van der Waals surface area contributed by atoms with Crippen molar-refractivity contribution in [2.75, 3.05) is 6.54 Å². The maximum Gasteiger partial charge on any atom is 0.237 e. The maximum atomic E-state index is 11.2. The number of nitrogens with two attached hydrogens (primary N) is 2. The van der Waals surface area contributed by atoms with Crippen molar-refractivity contribution in [1.82, 2.24) is 5.32 Å². The Morgan fingerprint density at radius 3 is 2.31 bits per heavy atom. The first-order valence-electron chi connectivity index (χ1n) is 4.26. The van der Waals surface area contributed by atoms with Gasteiger partial charge in [0.15, 0.2) is 0 Å². The van der Waals surface area contributed by atoms with Gasteiger partial charge in [0.1, 0.15) is 0 Å². The summed E-state index contributed by atoms with van der Waals surface area (Å²) in [7, 11) is 0. The summed E-state index contributed by atoms with van der Waals surface area (Å²) in [4.78, 5) is 21.5. The molecule has 0 aliphatic carbocycles. The first-order valence-corrected chi connectivity index (χ1v) is 4.26. The summed E-state index contributed by atoms with van der Waals surface area (Å²) in [6.45, 7) is 3.98. The molecule has 0 aromatic rings. The molecule has 0 aliphatic heterocycles. The van der Waals surface area contributed by atoms with Crippen molar-refractivity contribution in [3.8, 4) is 0 Å². The van der Waals surface area contributed by atoms with Gasteiger partial charge in [-0.25, -0.2) is 0 Å². The minimum absolute atomic E-state index is 0.0913. The Kier molecular flexibility index (Phi) is 5.06. The number of hydrogen-bond acceptors (Lipinski definition) is 3. The van der Waals surface area contributed by atoms with Crippen LogP contribution in [0.25, 0.3) is 0 Å². The third-order valence-corrected chi connectivity index (χ3v) is 1.69. The van der Waals surface area contributed by atoms with Gasteiger partial charge in [-0.1, -0.05) is 13.8 Å². The van der Waals surface area contributed by atoms with E-state index in [0.29, 0.717) is 0 Å². The smallest absolute Gasteiger partial charge is 0.237 e. The van der Waals surface area contributed by atoms with Crippen molar-refractivity contribution in [3.05, 3.63) is 0 Å². The molecule has 0 fully saturated rings. The molecule has 0 heterocycles. The van der Waals surface area contributed by atoms with E-state index in [1.54, 1.807) is 0 Å². The van der Waals surface area contributed by atoms with Gasteiger partial charge in [-0.05, 0) is 5.92 Å². The summed E-state index contributed by atoms with van der Waals surface area (Å²) in [6.07, 6.45) is 0.149. The average Bonchev–Trinajstić information content (AvgIpc) is 2.02. The Hall–Kier alpha value is -1.10. The van der Waals surface area contributed by atoms with Crippen LogP contribution >= 0.6 is 0 Å². The molecule has 13 heavy (non-hydrogen) atoms. The van der Waals surface area contributed by atoms with E-state index < -0.39 is 11.9 Å². The highest BCUT2D eigenvalue weighted by atomic mass is 16.2. The molecular weight excluding hydrogens is 170 g/mol. The first kappa shape index (κ1) is 11.9. The van der Waals surface area contributed by atoms with Gasteiger partial charge in [0.05, 0.1) is 6.04 Å². The Morgan fingerprint density at radius 2 is 1.92 bits per heavy atom. The Bertz CT molecular complexity index is 192. The molecule has 0 aromatic carbocycles. The molecule has 0 bridgehead atoms. The SMILES string of the molecule is CC(C)[C@H](N)C(=O)NCCC(N)=O. The van der Waals surface area contributed by atoms with Crippen molar-refractivity contribution < 1.29 is 9.59 Å². The molecule has 5 heteroatoms. The van der Waals surface area contributed by atoms with E-state index in [2.05, 4.69) is 5.32 Å². The maximum absolute atomic E-state index is 11.2. The van der Waals surface area contributed by atoms with Crippen LogP contribution in [-0.2, 0) is 9.59 Å². The van der Waals surface area contributed by atoms with Crippen LogP contribution in [-0.4, -0.2) is 24.4 Å². The molecular formula is C8H17N3O2. The van der Waals surface area contributed by atoms with Crippen molar-refractivity contribution in [2.24, 2.45) is 17.4 Å². The van der Waals surface area contributed by atoms with Crippen LogP contribution in [0.3, 0.4) is 0 Å². The van der Waals surface area contributed by atoms with Crippen LogP contribution in [0.1, 0.15) is 20.3 Å². The van der Waals surface area contributed by atoms with Crippen LogP contribution in [0.2, 0.25) is 0 Å². The summed E-state index contributed by atoms with van der Waals surface area (Å²) < 4.78 is 0. The minimum Gasteiger partial charge on any atom is -0.370 e. The lowest BCUT2D eigenvalue weighted by Gasteiger charge is -2.14. The molecule has 0 rings (SSSR count). The van der Waals surface area contributed by atoms with Crippen molar-refractivity contribution in [2.45, 2.75) is 26.3 Å². The van der Waals surface area contributed by atoms with Gasteiger partial charge in [-0.3, -0.25) is 9.59 Å². The third-order valence-electron chi connectivity index (χ3n) is 1.69. The predicted octanol–water partition coefficient (Wildman–Crippen LogP) is -1.04. The van der Waals surface area contributed by atoms with Crippen molar-refractivity contribution in [3.63, 3.8) is 0 Å². The van der Waals surface area contributed by atoms with E-state index >= 15 is 0 Å². The van der Waals surface area contributed by atoms with E-state index in [1.165, 1.54) is 0 Å². The highest BCUT2D eigenvalue weighted by Crippen LogP contribution is 1.97. The number of carbonyl (C=O) groups is 2. The number of hydrogen-bond donors (Lipinski definition) is 3. The monoisotopic (exact) mass is 187 g/mol. The zero-order chi connectivity index (χ0) is 10.4. The predicted molar refractivity (Wildman–Crippen MR) is 49.6 cm³/mol. The molecule has 0 unspecified atom stereocenters. The lowest BCUT2D eigenvalue weighted by molar-refractivity contribution is -0.123. The molecule has 0 spiro atoms. The summed E-state index contributed by atoms with van der Waals surface area (Å²) in [5.74, 6) is -0.580. The van der Waals surface area contributed by atoms with E-state index in [0.717, 1.165) is 0 Å². The quantitative estimate of drug-likeness (QED) is 0.512. The van der Waals surface area contributed by atoms with Crippen LogP contribution in [0.15, 0.2) is 0 Å². The molecule has 0 aliphatic rings. The van der Waals surface area contributed by atoms with Gasteiger partial charge in [-0.15, -0.1) is 0 Å². The first-order chi connectivity index (χ1) is 5.95. The van der Waals surface area contributed by atoms with Gasteiger partial charge < -0.3 is 16.8 Å². The fourth-order valence-electron chi connectivity index (χ4n) is 0.730. The lowest BCUT2D eigenvalue weighted by atomic mass is 10.1. The lowest BCUT2D eigenvalue weighted by Crippen LogP contribution is -2.44. The average molecular weight is 187 g/mol. The second-order valence-electron chi connectivity index (χ2n) is 3.28. The van der Waals surface area contributed by atoms with E-state index in [4.69, 9.17) is 11.5 Å². The third kappa shape index (κ3) is 5.19. The standard InChI is InChI=1S/C8H17N3O2/c1-5(2)7(10)8(13)11-4-3-6(9)12/h5,7H,3-4,10H2,1-2H3,(H2,9,12)(H,11,13)/t7-/m0/s1. The Balaban J connectivity index is 3.68. The van der Waals surface area contributed by atoms with Gasteiger partial charge in [0.2, 0.25) is 11.8 Å². The number of primary amides is 1. The molecule has 0 saturated carbocycles. The van der Waals surface area contributed by atoms with Crippen LogP contribution < -0.4 is 16.8 Å². The van der Waals surface area contributed by atoms with Crippen LogP contribution in [0.5, 0.6) is 0 Å². The number of nitrogens with one attached hydrogen (secondary N) is 1. The largest absolute Gasteiger partial charge is 0.370 e. The van der Waals surface area contributed by atoms with Gasteiger partial charge >= 0.3 is 0 Å². The molecule has 5 nitrogen and oxygen atoms in total. The Morgan fingerprint density at radius 1 is 1.38 bits per heavy atom. The van der Waals surface area contributed by atoms with Crippen LogP contribution in [0.4, 0.5) is 0 Å². The fourth-order valence-corrected chi connectivity index (χ4v) is 0.730. The topological polar surface area (TPSA) is 98.2 Å². The number of rotatable bonds is 5. The highest BCUT2D eigenvalue weighted by molar-refractivity contribution is 5.82. The second-order valence-corrected chi connectivity index (χ2v) is 3.28. The molecule has 1 atom stereocenters. The van der Waals surface area contributed by atoms with Crippen LogP contribution in [0, 0.1) is 5.92 Å². The molecule has 0 saturated heterocycles. The minimum atomic E-state index is -0.520. The van der Waals surface area contributed by atoms with Crippen molar-refractivity contribution in [1.29, 1.82) is 0 Å². The van der Waals surface area contributed by atoms with Gasteiger partial charge in [0, 0.05) is 13.0 Å². The Labute approximate surface area is 77.8 Å². The fraction of sp³-hybridized carbons (Fsp3) is 0.750. The summed E-state index contributed by atoms with van der Waals surface area (Å²) in [6, 6.07) is -0.520. The highest BCUT2D eigenvalue weighted by Gasteiger charge is 2.16. The summed E-state index contributed by atoms with van der Waals surface area (Å²) >= 11 is 0. The van der Waals surface area contributed by atoms with Crippen molar-refractivity contribution >= 4 is 11.8 Å². The summed E-state index contributed by atoms with van der Waals surface area (Å²) in [5, 5.41) is 2.53. The molecule has 76 valence electrons. The molecule has 2 amide bonds. The van der Waals surface area contributed by atoms with E-state index in [-0.39, 0.29) is 24.8 Å². The number of carbonyl (C=O) groups excluding carboxylic acids is 2. The molecule has 0 radical (unpaired) electrons. The number of amides is 2. The second kappa shape index (κ2) is 5.53. The van der Waals surface area contributed by atoms with Gasteiger partial charge in [-0.2, -0.15) is 0 Å². The molecule has 0 aromatic heterocycles.